The van der Waals surface area contributed by atoms with E-state index in [1.807, 2.05) is 0 Å². The molecule has 0 saturated carbocycles. The first-order valence-corrected chi connectivity index (χ1v) is 18.6. The average molecular weight is 455 g/mol. The third-order valence-corrected chi connectivity index (χ3v) is 19.6. The Morgan fingerprint density at radius 1 is 0.840 bits per heavy atom. The number of aliphatic hydroxyl groups is 1. The summed E-state index contributed by atoms with van der Waals surface area (Å²) in [5.74, 6) is 1.07. The molecular weight excluding hydrogens is 415 g/mol. The van der Waals surface area contributed by atoms with E-state index in [4.69, 9.17) is 9.84 Å². The number of ether oxygens (including phenoxy) is 1. The summed E-state index contributed by atoms with van der Waals surface area (Å²) in [7, 11) is 0. The molecule has 0 amide bonds. The Morgan fingerprint density at radius 2 is 1.40 bits per heavy atom. The Kier molecular flexibility index (Phi) is 12.7. The normalized spacial score (nSPS) is 11.7. The number of aryl methyl sites for hydroxylation is 1. The molecule has 0 unspecified atom stereocenters. The van der Waals surface area contributed by atoms with Crippen LogP contribution < -0.4 is 4.74 Å². The molecule has 1 aromatic carbocycles. The van der Waals surface area contributed by atoms with Gasteiger partial charge in [0.05, 0.1) is 0 Å². The molecule has 3 heteroatoms. The molecular formula is C22H40O2Sn. The van der Waals surface area contributed by atoms with E-state index in [1.54, 1.807) is 0 Å². The summed E-state index contributed by atoms with van der Waals surface area (Å²) in [5, 5.41) is 9.14. The van der Waals surface area contributed by atoms with Crippen molar-refractivity contribution in [2.45, 2.75) is 85.4 Å². The molecule has 0 aromatic heterocycles. The Balaban J connectivity index is 2.84. The summed E-state index contributed by atoms with van der Waals surface area (Å²) in [6, 6.07) is 8.45. The molecule has 0 aliphatic heterocycles. The SMILES string of the molecule is CCC[CH2][Sn]([CH2]CCC)([CH2]CCC)[CH2]Oc1ccccc1CCCO. The van der Waals surface area contributed by atoms with E-state index < -0.39 is 18.4 Å². The standard InChI is InChI=1S/C10H13O2.3C4H9.Sn/c1-12-10-7-3-2-5-9(10)6-4-8-11;3*1-3-4-2;/h2-3,5,7,11H,1,4,6,8H2;3*1,3-4H2,2H3;. The van der Waals surface area contributed by atoms with Gasteiger partial charge in [-0.3, -0.25) is 0 Å². The predicted octanol–water partition coefficient (Wildman–Crippen LogP) is 6.38. The average Bonchev–Trinajstić information content (AvgIpc) is 2.66. The van der Waals surface area contributed by atoms with Crippen LogP contribution in [-0.2, 0) is 6.42 Å². The van der Waals surface area contributed by atoms with Gasteiger partial charge in [0.25, 0.3) is 0 Å². The van der Waals surface area contributed by atoms with Crippen LogP contribution in [0.3, 0.4) is 0 Å². The molecule has 0 heterocycles. The van der Waals surface area contributed by atoms with Crippen molar-refractivity contribution in [2.24, 2.45) is 0 Å². The van der Waals surface area contributed by atoms with E-state index in [0.717, 1.165) is 23.2 Å². The second kappa shape index (κ2) is 13.9. The van der Waals surface area contributed by atoms with Gasteiger partial charge in [0.15, 0.2) is 0 Å². The van der Waals surface area contributed by atoms with Crippen LogP contribution in [0.25, 0.3) is 0 Å². The molecule has 1 rings (SSSR count). The predicted molar refractivity (Wildman–Crippen MR) is 112 cm³/mol. The number of hydrogen-bond donors (Lipinski definition) is 1. The van der Waals surface area contributed by atoms with Crippen LogP contribution in [0.1, 0.15) is 71.3 Å². The molecule has 144 valence electrons. The van der Waals surface area contributed by atoms with Gasteiger partial charge in [-0.1, -0.05) is 0 Å². The van der Waals surface area contributed by atoms with Gasteiger partial charge in [-0.15, -0.1) is 0 Å². The molecule has 1 N–H and O–H groups in total. The number of rotatable bonds is 15. The van der Waals surface area contributed by atoms with Crippen LogP contribution in [0.5, 0.6) is 5.75 Å². The third kappa shape index (κ3) is 8.81. The number of aliphatic hydroxyl groups excluding tert-OH is 1. The Labute approximate surface area is 160 Å². The van der Waals surface area contributed by atoms with Gasteiger partial charge in [0, 0.05) is 0 Å². The molecule has 2 nitrogen and oxygen atoms in total. The molecule has 0 spiro atoms. The number of hydrogen-bond acceptors (Lipinski definition) is 2. The summed E-state index contributed by atoms with van der Waals surface area (Å²) < 4.78 is 12.0. The fraction of sp³-hybridized carbons (Fsp3) is 0.727. The molecule has 0 saturated heterocycles. The summed E-state index contributed by atoms with van der Waals surface area (Å²) in [6.45, 7) is 7.21. The summed E-state index contributed by atoms with van der Waals surface area (Å²) >= 11 is -2.23. The van der Waals surface area contributed by atoms with Crippen molar-refractivity contribution >= 4 is 18.4 Å². The van der Waals surface area contributed by atoms with Crippen molar-refractivity contribution < 1.29 is 9.84 Å². The van der Waals surface area contributed by atoms with Crippen LogP contribution in [0.4, 0.5) is 0 Å². The monoisotopic (exact) mass is 456 g/mol. The maximum atomic E-state index is 9.14. The van der Waals surface area contributed by atoms with E-state index in [1.165, 1.54) is 57.4 Å². The van der Waals surface area contributed by atoms with Gasteiger partial charge in [-0.25, -0.2) is 0 Å². The van der Waals surface area contributed by atoms with Gasteiger partial charge < -0.3 is 0 Å². The maximum absolute atomic E-state index is 9.14. The molecule has 0 fully saturated rings. The summed E-state index contributed by atoms with van der Waals surface area (Å²) in [5.41, 5.74) is 1.26. The van der Waals surface area contributed by atoms with E-state index in [0.29, 0.717) is 0 Å². The van der Waals surface area contributed by atoms with Gasteiger partial charge in [0.1, 0.15) is 0 Å². The van der Waals surface area contributed by atoms with Crippen LogP contribution >= 0.6 is 0 Å². The van der Waals surface area contributed by atoms with Crippen LogP contribution in [0.2, 0.25) is 13.3 Å². The first-order valence-electron chi connectivity index (χ1n) is 10.5. The fourth-order valence-electron chi connectivity index (χ4n) is 3.60. The van der Waals surface area contributed by atoms with E-state index in [2.05, 4.69) is 45.0 Å². The summed E-state index contributed by atoms with van der Waals surface area (Å²) in [4.78, 5) is 0. The fourth-order valence-corrected chi connectivity index (χ4v) is 17.7. The van der Waals surface area contributed by atoms with Crippen molar-refractivity contribution in [3.63, 3.8) is 0 Å². The topological polar surface area (TPSA) is 29.5 Å². The third-order valence-electron chi connectivity index (χ3n) is 5.29. The molecule has 25 heavy (non-hydrogen) atoms. The molecule has 0 bridgehead atoms. The molecule has 0 radical (unpaired) electrons. The van der Waals surface area contributed by atoms with Crippen LogP contribution in [-0.4, -0.2) is 34.7 Å². The molecule has 1 aromatic rings. The Hall–Kier alpha value is -0.221. The first-order chi connectivity index (χ1) is 12.2. The molecule has 0 aliphatic carbocycles. The van der Waals surface area contributed by atoms with Gasteiger partial charge in [0.2, 0.25) is 0 Å². The Bertz CT molecular complexity index is 426. The number of benzene rings is 1. The second-order valence-electron chi connectivity index (χ2n) is 7.53. The number of para-hydroxylation sites is 1. The molecule has 0 atom stereocenters. The second-order valence-corrected chi connectivity index (χ2v) is 21.2. The zero-order valence-electron chi connectivity index (χ0n) is 16.9. The Morgan fingerprint density at radius 3 is 1.92 bits per heavy atom. The van der Waals surface area contributed by atoms with Gasteiger partial charge in [-0.05, 0) is 0 Å². The van der Waals surface area contributed by atoms with Crippen molar-refractivity contribution in [1.29, 1.82) is 0 Å². The number of unbranched alkanes of at least 4 members (excludes halogenated alkanes) is 3. The van der Waals surface area contributed by atoms with E-state index in [-0.39, 0.29) is 6.61 Å². The zero-order chi connectivity index (χ0) is 18.4. The van der Waals surface area contributed by atoms with Gasteiger partial charge >= 0.3 is 160 Å². The minimum absolute atomic E-state index is 0.251. The van der Waals surface area contributed by atoms with Gasteiger partial charge in [-0.2, -0.15) is 0 Å². The molecule has 0 aliphatic rings. The summed E-state index contributed by atoms with van der Waals surface area (Å²) in [6.07, 6.45) is 9.82. The van der Waals surface area contributed by atoms with Crippen LogP contribution in [0, 0.1) is 0 Å². The quantitative estimate of drug-likeness (QED) is 0.311. The first kappa shape index (κ1) is 22.8. The van der Waals surface area contributed by atoms with Crippen LogP contribution in [0.15, 0.2) is 24.3 Å². The van der Waals surface area contributed by atoms with Crippen molar-refractivity contribution in [1.82, 2.24) is 0 Å². The van der Waals surface area contributed by atoms with Crippen molar-refractivity contribution in [3.8, 4) is 5.75 Å². The van der Waals surface area contributed by atoms with Crippen molar-refractivity contribution in [2.75, 3.05) is 11.2 Å². The van der Waals surface area contributed by atoms with Crippen molar-refractivity contribution in [3.05, 3.63) is 29.8 Å². The zero-order valence-corrected chi connectivity index (χ0v) is 19.7. The van der Waals surface area contributed by atoms with E-state index >= 15 is 0 Å². The minimum atomic E-state index is -2.23. The van der Waals surface area contributed by atoms with E-state index in [9.17, 15) is 0 Å².